The van der Waals surface area contributed by atoms with Crippen molar-refractivity contribution >= 4 is 10.8 Å². The summed E-state index contributed by atoms with van der Waals surface area (Å²) in [4.78, 5) is 20.9. The second kappa shape index (κ2) is 8.04. The largest absolute Gasteiger partial charge is 0.451 e. The van der Waals surface area contributed by atoms with Crippen LogP contribution in [0.4, 0.5) is 17.6 Å². The highest BCUT2D eigenvalue weighted by Gasteiger charge is 2.36. The van der Waals surface area contributed by atoms with Crippen LogP contribution in [0, 0.1) is 5.82 Å². The predicted molar refractivity (Wildman–Crippen MR) is 112 cm³/mol. The molecule has 3 heterocycles. The van der Waals surface area contributed by atoms with Gasteiger partial charge in [-0.25, -0.2) is 19.5 Å². The van der Waals surface area contributed by atoms with Gasteiger partial charge in [-0.1, -0.05) is 30.3 Å². The Morgan fingerprint density at radius 2 is 1.85 bits per heavy atom. The van der Waals surface area contributed by atoms with Gasteiger partial charge in [-0.15, -0.1) is 0 Å². The van der Waals surface area contributed by atoms with Crippen molar-refractivity contribution in [3.05, 3.63) is 98.7 Å². The number of fused-ring (bicyclic) bond motifs is 2. The third-order valence-electron chi connectivity index (χ3n) is 5.63. The van der Waals surface area contributed by atoms with Gasteiger partial charge in [0.25, 0.3) is 5.56 Å². The lowest BCUT2D eigenvalue weighted by Gasteiger charge is -2.16. The number of aromatic amines is 1. The number of nitrogens with zero attached hydrogens (tertiary/aromatic N) is 4. The second-order valence-electron chi connectivity index (χ2n) is 7.96. The molecule has 33 heavy (non-hydrogen) atoms. The number of H-pyrrole nitrogens is 1. The standard InChI is InChI=1S/C23H17F4N5O/c24-18-6-5-13(8-19-16-3-1-2-4-17(16)21(33)31-30-19)7-14(18)10-32-11-15-9-28-22(23(25,26)27)29-20(15)12-32/h1-7,9H,8,10-12H2,(H,31,33). The van der Waals surface area contributed by atoms with Crippen LogP contribution in [-0.2, 0) is 32.2 Å². The van der Waals surface area contributed by atoms with Gasteiger partial charge in [0.1, 0.15) is 5.82 Å². The summed E-state index contributed by atoms with van der Waals surface area (Å²) in [5, 5.41) is 7.91. The van der Waals surface area contributed by atoms with E-state index in [-0.39, 0.29) is 18.6 Å². The highest BCUT2D eigenvalue weighted by Crippen LogP contribution is 2.30. The van der Waals surface area contributed by atoms with E-state index in [1.807, 2.05) is 17.0 Å². The van der Waals surface area contributed by atoms with Crippen LogP contribution in [0.3, 0.4) is 0 Å². The molecule has 0 radical (unpaired) electrons. The average Bonchev–Trinajstić information content (AvgIpc) is 3.19. The molecule has 5 rings (SSSR count). The summed E-state index contributed by atoms with van der Waals surface area (Å²) in [5.41, 5.74) is 2.50. The molecular formula is C23H17F4N5O. The number of aromatic nitrogens is 4. The van der Waals surface area contributed by atoms with Gasteiger partial charge in [0.15, 0.2) is 0 Å². The van der Waals surface area contributed by atoms with E-state index in [1.54, 1.807) is 24.3 Å². The number of nitrogens with one attached hydrogen (secondary N) is 1. The lowest BCUT2D eigenvalue weighted by atomic mass is 10.0. The molecule has 168 valence electrons. The number of halogens is 4. The van der Waals surface area contributed by atoms with Crippen LogP contribution >= 0.6 is 0 Å². The molecule has 2 aromatic carbocycles. The van der Waals surface area contributed by atoms with Crippen molar-refractivity contribution in [1.82, 2.24) is 25.1 Å². The average molecular weight is 455 g/mol. The highest BCUT2D eigenvalue weighted by molar-refractivity contribution is 5.83. The molecule has 0 atom stereocenters. The normalized spacial score (nSPS) is 14.1. The van der Waals surface area contributed by atoms with Crippen LogP contribution in [0.15, 0.2) is 53.5 Å². The third kappa shape index (κ3) is 4.21. The molecule has 0 fully saturated rings. The summed E-state index contributed by atoms with van der Waals surface area (Å²) in [5.74, 6) is -1.58. The second-order valence-corrected chi connectivity index (χ2v) is 7.96. The Morgan fingerprint density at radius 1 is 1.06 bits per heavy atom. The molecule has 0 unspecified atom stereocenters. The first kappa shape index (κ1) is 21.2. The van der Waals surface area contributed by atoms with E-state index >= 15 is 0 Å². The van der Waals surface area contributed by atoms with Crippen molar-refractivity contribution in [3.63, 3.8) is 0 Å². The quantitative estimate of drug-likeness (QED) is 0.472. The zero-order chi connectivity index (χ0) is 23.2. The Labute approximate surface area is 184 Å². The number of rotatable bonds is 4. The molecule has 1 aliphatic rings. The maximum atomic E-state index is 14.6. The van der Waals surface area contributed by atoms with Crippen LogP contribution in [0.5, 0.6) is 0 Å². The number of hydrogen-bond donors (Lipinski definition) is 1. The summed E-state index contributed by atoms with van der Waals surface area (Å²) in [6, 6.07) is 11.9. The van der Waals surface area contributed by atoms with E-state index in [4.69, 9.17) is 0 Å². The molecular weight excluding hydrogens is 438 g/mol. The fourth-order valence-corrected chi connectivity index (χ4v) is 4.07. The Hall–Kier alpha value is -3.66. The van der Waals surface area contributed by atoms with Crippen LogP contribution in [0.1, 0.15) is 33.9 Å². The zero-order valence-corrected chi connectivity index (χ0v) is 17.2. The molecule has 0 bridgehead atoms. The minimum absolute atomic E-state index is 0.177. The zero-order valence-electron chi connectivity index (χ0n) is 17.2. The Kier molecular flexibility index (Phi) is 5.16. The SMILES string of the molecule is O=c1[nH]nc(Cc2ccc(F)c(CN3Cc4cnc(C(F)(F)F)nc4C3)c2)c2ccccc12. The number of benzene rings is 2. The first-order chi connectivity index (χ1) is 15.8. The van der Waals surface area contributed by atoms with Crippen molar-refractivity contribution in [2.75, 3.05) is 0 Å². The maximum Gasteiger partial charge on any atom is 0.451 e. The van der Waals surface area contributed by atoms with Crippen LogP contribution in [0.25, 0.3) is 10.8 Å². The summed E-state index contributed by atoms with van der Waals surface area (Å²) in [7, 11) is 0. The molecule has 1 N–H and O–H groups in total. The van der Waals surface area contributed by atoms with Crippen molar-refractivity contribution in [2.45, 2.75) is 32.2 Å². The highest BCUT2D eigenvalue weighted by atomic mass is 19.4. The van der Waals surface area contributed by atoms with Crippen molar-refractivity contribution in [1.29, 1.82) is 0 Å². The van der Waals surface area contributed by atoms with E-state index in [0.29, 0.717) is 40.9 Å². The number of hydrogen-bond acceptors (Lipinski definition) is 5. The van der Waals surface area contributed by atoms with Crippen LogP contribution in [-0.4, -0.2) is 25.1 Å². The molecule has 10 heteroatoms. The summed E-state index contributed by atoms with van der Waals surface area (Å²) in [6.07, 6.45) is -3.04. The Bertz CT molecular complexity index is 1420. The smallest absolute Gasteiger partial charge is 0.289 e. The molecule has 0 amide bonds. The molecule has 0 spiro atoms. The van der Waals surface area contributed by atoms with Crippen molar-refractivity contribution in [3.8, 4) is 0 Å². The topological polar surface area (TPSA) is 74.8 Å². The van der Waals surface area contributed by atoms with Gasteiger partial charge in [0, 0.05) is 48.8 Å². The molecule has 0 saturated carbocycles. The summed E-state index contributed by atoms with van der Waals surface area (Å²) >= 11 is 0. The molecule has 1 aliphatic heterocycles. The maximum absolute atomic E-state index is 14.6. The lowest BCUT2D eigenvalue weighted by molar-refractivity contribution is -0.145. The number of alkyl halides is 3. The van der Waals surface area contributed by atoms with Crippen molar-refractivity contribution in [2.24, 2.45) is 0 Å². The van der Waals surface area contributed by atoms with Gasteiger partial charge in [-0.3, -0.25) is 9.69 Å². The lowest BCUT2D eigenvalue weighted by Crippen LogP contribution is -2.17. The van der Waals surface area contributed by atoms with Gasteiger partial charge >= 0.3 is 6.18 Å². The summed E-state index contributed by atoms with van der Waals surface area (Å²) in [6.45, 7) is 0.719. The van der Waals surface area contributed by atoms with Gasteiger partial charge in [-0.05, 0) is 17.7 Å². The van der Waals surface area contributed by atoms with Gasteiger partial charge < -0.3 is 0 Å². The Balaban J connectivity index is 1.37. The first-order valence-electron chi connectivity index (χ1n) is 10.2. The molecule has 6 nitrogen and oxygen atoms in total. The van der Waals surface area contributed by atoms with E-state index in [1.165, 1.54) is 12.3 Å². The van der Waals surface area contributed by atoms with E-state index in [9.17, 15) is 22.4 Å². The molecule has 4 aromatic rings. The van der Waals surface area contributed by atoms with Gasteiger partial charge in [0.05, 0.1) is 16.8 Å². The monoisotopic (exact) mass is 455 g/mol. The Morgan fingerprint density at radius 3 is 2.64 bits per heavy atom. The summed E-state index contributed by atoms with van der Waals surface area (Å²) < 4.78 is 53.2. The van der Waals surface area contributed by atoms with Crippen LogP contribution < -0.4 is 5.56 Å². The fourth-order valence-electron chi connectivity index (χ4n) is 4.07. The fraction of sp³-hybridized carbons (Fsp3) is 0.217. The van der Waals surface area contributed by atoms with E-state index in [0.717, 1.165) is 10.9 Å². The third-order valence-corrected chi connectivity index (χ3v) is 5.63. The van der Waals surface area contributed by atoms with Gasteiger partial charge in [0.2, 0.25) is 5.82 Å². The van der Waals surface area contributed by atoms with E-state index < -0.39 is 17.8 Å². The minimum Gasteiger partial charge on any atom is -0.289 e. The van der Waals surface area contributed by atoms with Gasteiger partial charge in [-0.2, -0.15) is 18.3 Å². The van der Waals surface area contributed by atoms with E-state index in [2.05, 4.69) is 20.2 Å². The first-order valence-corrected chi connectivity index (χ1v) is 10.2. The molecule has 0 aliphatic carbocycles. The molecule has 0 saturated heterocycles. The molecule has 2 aromatic heterocycles. The predicted octanol–water partition coefficient (Wildman–Crippen LogP) is 3.98. The van der Waals surface area contributed by atoms with Crippen LogP contribution in [0.2, 0.25) is 0 Å². The van der Waals surface area contributed by atoms with Crippen molar-refractivity contribution < 1.29 is 17.6 Å². The minimum atomic E-state index is -4.61.